The van der Waals surface area contributed by atoms with Gasteiger partial charge < -0.3 is 19.7 Å². The van der Waals surface area contributed by atoms with Crippen LogP contribution in [0, 0.1) is 11.3 Å². The average molecular weight is 364 g/mol. The van der Waals surface area contributed by atoms with Crippen molar-refractivity contribution in [2.75, 3.05) is 43.1 Å². The molecule has 0 bridgehead atoms. The Hall–Kier alpha value is -3.37. The molecular weight excluding hydrogens is 344 g/mol. The predicted octanol–water partition coefficient (Wildman–Crippen LogP) is 2.47. The number of carbonyl (C=O) groups excluding carboxylic acids is 1. The van der Waals surface area contributed by atoms with E-state index in [4.69, 9.17) is 14.7 Å². The highest BCUT2D eigenvalue weighted by molar-refractivity contribution is 6.01. The van der Waals surface area contributed by atoms with E-state index in [0.717, 1.165) is 24.5 Å². The van der Waals surface area contributed by atoms with Crippen molar-refractivity contribution in [1.29, 1.82) is 5.26 Å². The number of pyridine rings is 1. The number of anilines is 2. The molecule has 1 saturated heterocycles. The summed E-state index contributed by atoms with van der Waals surface area (Å²) in [5, 5.41) is 11.3. The second-order valence-electron chi connectivity index (χ2n) is 5.84. The molecule has 0 radical (unpaired) electrons. The molecule has 0 aliphatic carbocycles. The zero-order valence-electron chi connectivity index (χ0n) is 14.8. The van der Waals surface area contributed by atoms with Crippen LogP contribution in [0.5, 0.6) is 5.75 Å². The first-order chi connectivity index (χ1) is 13.2. The normalized spacial score (nSPS) is 14.0. The van der Waals surface area contributed by atoms with Gasteiger partial charge in [-0.1, -0.05) is 12.1 Å². The van der Waals surface area contributed by atoms with Crippen molar-refractivity contribution in [3.63, 3.8) is 0 Å². The van der Waals surface area contributed by atoms with Crippen LogP contribution in [0.4, 0.5) is 11.5 Å². The molecule has 7 nitrogen and oxygen atoms in total. The van der Waals surface area contributed by atoms with Crippen LogP contribution in [0.2, 0.25) is 0 Å². The third-order valence-corrected chi connectivity index (χ3v) is 3.96. The van der Waals surface area contributed by atoms with Gasteiger partial charge in [-0.05, 0) is 35.9 Å². The van der Waals surface area contributed by atoms with Crippen molar-refractivity contribution in [2.45, 2.75) is 0 Å². The second-order valence-corrected chi connectivity index (χ2v) is 5.84. The van der Waals surface area contributed by atoms with Gasteiger partial charge in [0.15, 0.2) is 6.61 Å². The maximum atomic E-state index is 12.1. The fourth-order valence-corrected chi connectivity index (χ4v) is 2.59. The van der Waals surface area contributed by atoms with Crippen molar-refractivity contribution in [3.8, 4) is 11.8 Å². The summed E-state index contributed by atoms with van der Waals surface area (Å²) in [5.74, 6) is 1.26. The van der Waals surface area contributed by atoms with Gasteiger partial charge >= 0.3 is 0 Å². The summed E-state index contributed by atoms with van der Waals surface area (Å²) in [5.41, 5.74) is 1.50. The number of rotatable bonds is 6. The predicted molar refractivity (Wildman–Crippen MR) is 102 cm³/mol. The van der Waals surface area contributed by atoms with Crippen LogP contribution in [0.3, 0.4) is 0 Å². The van der Waals surface area contributed by atoms with Crippen LogP contribution >= 0.6 is 0 Å². The highest BCUT2D eigenvalue weighted by Gasteiger charge is 2.12. The number of benzene rings is 1. The summed E-state index contributed by atoms with van der Waals surface area (Å²) < 4.78 is 10.5. The maximum absolute atomic E-state index is 12.1. The molecule has 0 unspecified atom stereocenters. The monoisotopic (exact) mass is 364 g/mol. The Balaban J connectivity index is 1.52. The molecule has 1 aliphatic rings. The van der Waals surface area contributed by atoms with Crippen LogP contribution < -0.4 is 15.0 Å². The minimum Gasteiger partial charge on any atom is -0.479 e. The van der Waals surface area contributed by atoms with Crippen molar-refractivity contribution in [2.24, 2.45) is 0 Å². The van der Waals surface area contributed by atoms with Crippen LogP contribution in [-0.2, 0) is 9.53 Å². The molecular formula is C20H20N4O3. The molecule has 1 aromatic heterocycles. The molecule has 1 aromatic carbocycles. The molecule has 138 valence electrons. The highest BCUT2D eigenvalue weighted by atomic mass is 16.5. The average Bonchev–Trinajstić information content (AvgIpc) is 2.73. The third-order valence-electron chi connectivity index (χ3n) is 3.96. The first-order valence-corrected chi connectivity index (χ1v) is 8.62. The third kappa shape index (κ3) is 5.56. The molecule has 1 N–H and O–H groups in total. The molecule has 1 aliphatic heterocycles. The van der Waals surface area contributed by atoms with Gasteiger partial charge in [-0.25, -0.2) is 4.98 Å². The number of ether oxygens (including phenoxy) is 2. The van der Waals surface area contributed by atoms with Gasteiger partial charge in [0.25, 0.3) is 0 Å². The van der Waals surface area contributed by atoms with Crippen molar-refractivity contribution in [1.82, 2.24) is 4.98 Å². The van der Waals surface area contributed by atoms with Crippen LogP contribution in [0.25, 0.3) is 6.08 Å². The molecule has 0 atom stereocenters. The fourth-order valence-electron chi connectivity index (χ4n) is 2.59. The Bertz CT molecular complexity index is 820. The van der Waals surface area contributed by atoms with E-state index in [2.05, 4.69) is 15.2 Å². The van der Waals surface area contributed by atoms with E-state index in [1.165, 1.54) is 6.08 Å². The summed E-state index contributed by atoms with van der Waals surface area (Å²) in [6, 6.07) is 12.8. The minimum atomic E-state index is -0.235. The molecule has 27 heavy (non-hydrogen) atoms. The Morgan fingerprint density at radius 1 is 1.26 bits per heavy atom. The Morgan fingerprint density at radius 3 is 2.70 bits per heavy atom. The van der Waals surface area contributed by atoms with Crippen LogP contribution in [0.1, 0.15) is 5.56 Å². The smallest absolute Gasteiger partial charge is 0.248 e. The van der Waals surface area contributed by atoms with Crippen molar-refractivity contribution in [3.05, 3.63) is 54.2 Å². The number of aromatic nitrogens is 1. The summed E-state index contributed by atoms with van der Waals surface area (Å²) in [6.07, 6.45) is 4.82. The molecule has 0 saturated carbocycles. The number of hydrogen-bond donors (Lipinski definition) is 1. The second kappa shape index (κ2) is 9.36. The van der Waals surface area contributed by atoms with Crippen molar-refractivity contribution >= 4 is 23.5 Å². The molecule has 1 amide bonds. The first-order valence-electron chi connectivity index (χ1n) is 8.62. The number of carbonyl (C=O) groups is 1. The minimum absolute atomic E-state index is 0.00988. The molecule has 1 fully saturated rings. The number of hydrogen-bond acceptors (Lipinski definition) is 6. The summed E-state index contributed by atoms with van der Waals surface area (Å²) in [7, 11) is 0. The lowest BCUT2D eigenvalue weighted by Crippen LogP contribution is -2.36. The lowest BCUT2D eigenvalue weighted by Gasteiger charge is -2.27. The van der Waals surface area contributed by atoms with E-state index >= 15 is 0 Å². The van der Waals surface area contributed by atoms with Gasteiger partial charge in [0.2, 0.25) is 5.91 Å². The zero-order valence-corrected chi connectivity index (χ0v) is 14.8. The van der Waals surface area contributed by atoms with E-state index in [9.17, 15) is 4.79 Å². The molecule has 3 rings (SSSR count). The van der Waals surface area contributed by atoms with Gasteiger partial charge in [-0.15, -0.1) is 0 Å². The van der Waals surface area contributed by atoms with Crippen LogP contribution in [0.15, 0.2) is 48.7 Å². The van der Waals surface area contributed by atoms with E-state index in [-0.39, 0.29) is 12.5 Å². The lowest BCUT2D eigenvalue weighted by molar-refractivity contribution is -0.111. The number of nitriles is 1. The lowest BCUT2D eigenvalue weighted by atomic mass is 10.2. The van der Waals surface area contributed by atoms with Gasteiger partial charge in [-0.3, -0.25) is 4.79 Å². The standard InChI is InChI=1S/C20H20N4O3/c21-9-12-27-18-5-1-16(2-6-18)3-8-20(25)23-17-4-7-19(22-15-17)24-10-13-26-14-11-24/h1-8,15H,10-14H2,(H,23,25)/b8-3+. The highest BCUT2D eigenvalue weighted by Crippen LogP contribution is 2.16. The molecule has 2 heterocycles. The molecule has 0 spiro atoms. The summed E-state index contributed by atoms with van der Waals surface area (Å²) in [4.78, 5) is 18.6. The number of nitrogens with zero attached hydrogens (tertiary/aromatic N) is 3. The summed E-state index contributed by atoms with van der Waals surface area (Å²) >= 11 is 0. The van der Waals surface area contributed by atoms with Gasteiger partial charge in [0, 0.05) is 19.2 Å². The quantitative estimate of drug-likeness (QED) is 0.793. The number of morpholine rings is 1. The maximum Gasteiger partial charge on any atom is 0.248 e. The van der Waals surface area contributed by atoms with Crippen LogP contribution in [-0.4, -0.2) is 43.8 Å². The Morgan fingerprint density at radius 2 is 2.04 bits per heavy atom. The zero-order chi connectivity index (χ0) is 18.9. The van der Waals surface area contributed by atoms with E-state index in [0.29, 0.717) is 24.7 Å². The largest absolute Gasteiger partial charge is 0.479 e. The fraction of sp³-hybridized carbons (Fsp3) is 0.250. The Kier molecular flexibility index (Phi) is 6.39. The number of amides is 1. The van der Waals surface area contributed by atoms with Crippen molar-refractivity contribution < 1.29 is 14.3 Å². The molecule has 2 aromatic rings. The van der Waals surface area contributed by atoms with E-state index in [1.807, 2.05) is 30.3 Å². The first kappa shape index (κ1) is 18.4. The van der Waals surface area contributed by atoms with Gasteiger partial charge in [-0.2, -0.15) is 5.26 Å². The summed E-state index contributed by atoms with van der Waals surface area (Å²) in [6.45, 7) is 3.06. The number of nitrogens with one attached hydrogen (secondary N) is 1. The SMILES string of the molecule is N#CCOc1ccc(/C=C/C(=O)Nc2ccc(N3CCOCC3)nc2)cc1. The molecule has 7 heteroatoms. The van der Waals surface area contributed by atoms with Gasteiger partial charge in [0.1, 0.15) is 17.6 Å². The Labute approximate surface area is 157 Å². The van der Waals surface area contributed by atoms with Gasteiger partial charge in [0.05, 0.1) is 25.1 Å². The van der Waals surface area contributed by atoms with E-state index < -0.39 is 0 Å². The van der Waals surface area contributed by atoms with E-state index in [1.54, 1.807) is 24.4 Å². The topological polar surface area (TPSA) is 87.5 Å².